The van der Waals surface area contributed by atoms with Gasteiger partial charge in [-0.1, -0.05) is 25.7 Å². The van der Waals surface area contributed by atoms with E-state index in [1.54, 1.807) is 11.3 Å². The normalized spacial score (nSPS) is 19.5. The lowest BCUT2D eigenvalue weighted by atomic mass is 9.97. The number of nitrogens with two attached hydrogens (primary N) is 1. The average Bonchev–Trinajstić information content (AvgIpc) is 2.43. The fraction of sp³-hybridized carbons (Fsp3) is 0.727. The van der Waals surface area contributed by atoms with Gasteiger partial charge in [-0.25, -0.2) is 4.98 Å². The van der Waals surface area contributed by atoms with E-state index in [4.69, 9.17) is 5.73 Å². The number of nitrogens with zero attached hydrogens (tertiary/aromatic N) is 1. The van der Waals surface area contributed by atoms with Gasteiger partial charge in [-0.3, -0.25) is 0 Å². The van der Waals surface area contributed by atoms with Crippen LogP contribution in [0.1, 0.15) is 55.1 Å². The summed E-state index contributed by atoms with van der Waals surface area (Å²) in [6, 6.07) is 0. The van der Waals surface area contributed by atoms with Crippen molar-refractivity contribution in [2.75, 3.05) is 5.73 Å². The van der Waals surface area contributed by atoms with Crippen LogP contribution >= 0.6 is 11.3 Å². The Labute approximate surface area is 89.5 Å². The zero-order valence-corrected chi connectivity index (χ0v) is 9.57. The fourth-order valence-corrected chi connectivity index (χ4v) is 3.08. The molecule has 1 saturated carbocycles. The van der Waals surface area contributed by atoms with E-state index < -0.39 is 0 Å². The Morgan fingerprint density at radius 1 is 1.21 bits per heavy atom. The molecule has 0 amide bonds. The van der Waals surface area contributed by atoms with E-state index in [1.165, 1.54) is 44.2 Å². The van der Waals surface area contributed by atoms with Crippen LogP contribution in [0.2, 0.25) is 0 Å². The molecule has 0 radical (unpaired) electrons. The molecule has 0 saturated heterocycles. The van der Waals surface area contributed by atoms with Crippen LogP contribution in [0.15, 0.2) is 0 Å². The molecule has 2 nitrogen and oxygen atoms in total. The van der Waals surface area contributed by atoms with Gasteiger partial charge in [0.25, 0.3) is 0 Å². The second kappa shape index (κ2) is 4.30. The minimum absolute atomic E-state index is 0.641. The first kappa shape index (κ1) is 9.97. The summed E-state index contributed by atoms with van der Waals surface area (Å²) in [6.07, 6.45) is 8.04. The van der Waals surface area contributed by atoms with Gasteiger partial charge in [-0.05, 0) is 19.8 Å². The lowest BCUT2D eigenvalue weighted by molar-refractivity contribution is 0.581. The van der Waals surface area contributed by atoms with Crippen LogP contribution in [0.5, 0.6) is 0 Å². The quantitative estimate of drug-likeness (QED) is 0.721. The highest BCUT2D eigenvalue weighted by atomic mass is 32.1. The third-order valence-electron chi connectivity index (χ3n) is 3.03. The van der Waals surface area contributed by atoms with Gasteiger partial charge in [-0.2, -0.15) is 0 Å². The molecule has 14 heavy (non-hydrogen) atoms. The summed E-state index contributed by atoms with van der Waals surface area (Å²) in [5, 5.41) is 2.07. The monoisotopic (exact) mass is 210 g/mol. The molecule has 0 atom stereocenters. The first-order valence-corrected chi connectivity index (χ1v) is 6.32. The number of hydrogen-bond acceptors (Lipinski definition) is 3. The molecule has 0 aliphatic heterocycles. The number of anilines is 1. The van der Waals surface area contributed by atoms with Crippen molar-refractivity contribution in [3.63, 3.8) is 0 Å². The summed E-state index contributed by atoms with van der Waals surface area (Å²) < 4.78 is 0. The second-order valence-corrected chi connectivity index (χ2v) is 5.41. The Morgan fingerprint density at radius 2 is 1.86 bits per heavy atom. The van der Waals surface area contributed by atoms with E-state index in [1.807, 2.05) is 6.92 Å². The van der Waals surface area contributed by atoms with Gasteiger partial charge >= 0.3 is 0 Å². The first-order chi connectivity index (χ1) is 6.77. The Bertz CT molecular complexity index is 298. The van der Waals surface area contributed by atoms with Crippen molar-refractivity contribution in [1.82, 2.24) is 4.98 Å². The molecular formula is C11H18N2S. The Kier molecular flexibility index (Phi) is 3.06. The number of nitrogen functional groups attached to an aromatic ring is 1. The summed E-state index contributed by atoms with van der Waals surface area (Å²) in [7, 11) is 0. The molecule has 1 aliphatic rings. The summed E-state index contributed by atoms with van der Waals surface area (Å²) >= 11 is 1.64. The highest BCUT2D eigenvalue weighted by Gasteiger charge is 2.19. The van der Waals surface area contributed by atoms with Crippen LogP contribution in [0.25, 0.3) is 0 Å². The third kappa shape index (κ3) is 2.08. The van der Waals surface area contributed by atoms with Gasteiger partial charge in [0, 0.05) is 5.92 Å². The molecule has 0 unspecified atom stereocenters. The number of aromatic nitrogens is 1. The van der Waals surface area contributed by atoms with E-state index in [0.717, 1.165) is 10.0 Å². The molecule has 0 bridgehead atoms. The molecule has 1 aromatic heterocycles. The number of aryl methyl sites for hydroxylation is 1. The van der Waals surface area contributed by atoms with Gasteiger partial charge < -0.3 is 5.73 Å². The lowest BCUT2D eigenvalue weighted by Gasteiger charge is -2.11. The maximum Gasteiger partial charge on any atom is 0.110 e. The van der Waals surface area contributed by atoms with Crippen LogP contribution in [0.4, 0.5) is 5.00 Å². The van der Waals surface area contributed by atoms with E-state index in [2.05, 4.69) is 4.98 Å². The zero-order chi connectivity index (χ0) is 9.97. The highest BCUT2D eigenvalue weighted by Crippen LogP contribution is 2.36. The standard InChI is InChI=1S/C11H18N2S/c1-8-13-10(11(12)14-8)9-6-4-2-3-5-7-9/h9H,2-7,12H2,1H3. The lowest BCUT2D eigenvalue weighted by Crippen LogP contribution is -2.01. The molecule has 3 heteroatoms. The van der Waals surface area contributed by atoms with Gasteiger partial charge in [-0.15, -0.1) is 11.3 Å². The summed E-state index contributed by atoms with van der Waals surface area (Å²) in [4.78, 5) is 4.57. The van der Waals surface area contributed by atoms with Gasteiger partial charge in [0.1, 0.15) is 5.00 Å². The molecule has 1 fully saturated rings. The minimum Gasteiger partial charge on any atom is -0.389 e. The Morgan fingerprint density at radius 3 is 2.36 bits per heavy atom. The number of rotatable bonds is 1. The fourth-order valence-electron chi connectivity index (χ4n) is 2.30. The van der Waals surface area contributed by atoms with Gasteiger partial charge in [0.15, 0.2) is 0 Å². The molecule has 2 rings (SSSR count). The summed E-state index contributed by atoms with van der Waals surface area (Å²) in [5.74, 6) is 0.641. The van der Waals surface area contributed by atoms with E-state index >= 15 is 0 Å². The number of thiazole rings is 1. The van der Waals surface area contributed by atoms with Crippen LogP contribution in [0, 0.1) is 6.92 Å². The second-order valence-electron chi connectivity index (χ2n) is 4.17. The molecule has 78 valence electrons. The van der Waals surface area contributed by atoms with Crippen molar-refractivity contribution >= 4 is 16.3 Å². The van der Waals surface area contributed by atoms with Crippen molar-refractivity contribution in [2.24, 2.45) is 0 Å². The minimum atomic E-state index is 0.641. The smallest absolute Gasteiger partial charge is 0.110 e. The van der Waals surface area contributed by atoms with Crippen LogP contribution < -0.4 is 5.73 Å². The summed E-state index contributed by atoms with van der Waals surface area (Å²) in [5.41, 5.74) is 7.17. The number of hydrogen-bond donors (Lipinski definition) is 1. The largest absolute Gasteiger partial charge is 0.389 e. The molecule has 2 N–H and O–H groups in total. The molecule has 1 heterocycles. The maximum atomic E-state index is 5.98. The van der Waals surface area contributed by atoms with Crippen molar-refractivity contribution in [2.45, 2.75) is 51.4 Å². The molecule has 0 spiro atoms. The van der Waals surface area contributed by atoms with Crippen molar-refractivity contribution in [3.05, 3.63) is 10.7 Å². The van der Waals surface area contributed by atoms with E-state index in [9.17, 15) is 0 Å². The Hall–Kier alpha value is -0.570. The SMILES string of the molecule is Cc1nc(C2CCCCCC2)c(N)s1. The van der Waals surface area contributed by atoms with Crippen molar-refractivity contribution in [1.29, 1.82) is 0 Å². The van der Waals surface area contributed by atoms with Crippen LogP contribution in [0.3, 0.4) is 0 Å². The van der Waals surface area contributed by atoms with Crippen LogP contribution in [-0.2, 0) is 0 Å². The van der Waals surface area contributed by atoms with Gasteiger partial charge in [0.2, 0.25) is 0 Å². The van der Waals surface area contributed by atoms with Crippen LogP contribution in [-0.4, -0.2) is 4.98 Å². The Balaban J connectivity index is 2.15. The predicted molar refractivity (Wildman–Crippen MR) is 61.7 cm³/mol. The van der Waals surface area contributed by atoms with E-state index in [0.29, 0.717) is 5.92 Å². The predicted octanol–water partition coefficient (Wildman–Crippen LogP) is 3.47. The maximum absolute atomic E-state index is 5.98. The average molecular weight is 210 g/mol. The molecule has 0 aromatic carbocycles. The summed E-state index contributed by atoms with van der Waals surface area (Å²) in [6.45, 7) is 2.04. The van der Waals surface area contributed by atoms with Crippen molar-refractivity contribution in [3.8, 4) is 0 Å². The van der Waals surface area contributed by atoms with Crippen molar-refractivity contribution < 1.29 is 0 Å². The zero-order valence-electron chi connectivity index (χ0n) is 8.75. The first-order valence-electron chi connectivity index (χ1n) is 5.50. The molecule has 1 aliphatic carbocycles. The van der Waals surface area contributed by atoms with E-state index in [-0.39, 0.29) is 0 Å². The third-order valence-corrected chi connectivity index (χ3v) is 3.85. The molecule has 1 aromatic rings. The highest BCUT2D eigenvalue weighted by molar-refractivity contribution is 7.15. The topological polar surface area (TPSA) is 38.9 Å². The molecular weight excluding hydrogens is 192 g/mol. The van der Waals surface area contributed by atoms with Gasteiger partial charge in [0.05, 0.1) is 10.7 Å².